The normalized spacial score (nSPS) is 14.6. The number of hydrogen-bond donors (Lipinski definition) is 2. The molecule has 102 valence electrons. The van der Waals surface area contributed by atoms with Crippen molar-refractivity contribution in [2.24, 2.45) is 0 Å². The van der Waals surface area contributed by atoms with E-state index in [0.717, 1.165) is 16.7 Å². The Morgan fingerprint density at radius 2 is 1.70 bits per heavy atom. The van der Waals surface area contributed by atoms with E-state index in [4.69, 9.17) is 4.74 Å². The van der Waals surface area contributed by atoms with Gasteiger partial charge in [-0.05, 0) is 46.5 Å². The van der Waals surface area contributed by atoms with E-state index < -0.39 is 10.0 Å². The van der Waals surface area contributed by atoms with Gasteiger partial charge in [-0.2, -0.15) is 25.3 Å². The minimum atomic E-state index is -0.799. The van der Waals surface area contributed by atoms with Crippen molar-refractivity contribution >= 4 is 31.2 Å². The van der Waals surface area contributed by atoms with Gasteiger partial charge < -0.3 is 4.74 Å². The van der Waals surface area contributed by atoms with Crippen molar-refractivity contribution in [2.45, 2.75) is 4.08 Å². The number of methoxy groups -OCH3 is 1. The molecule has 2 nitrogen and oxygen atoms in total. The number of esters is 1. The Balaban J connectivity index is 2.27. The second kappa shape index (κ2) is 4.53. The third-order valence-corrected chi connectivity index (χ3v) is 4.43. The van der Waals surface area contributed by atoms with Gasteiger partial charge in [0.1, 0.15) is 9.90 Å². The standard InChI is InChI=1S/C15H11FO2S2/c1-18-14(17)8-2-4-12-10(6-8)11-7-9(16)3-5-13(11)15(12,19)20/h2-7,19-20H,1H3. The summed E-state index contributed by atoms with van der Waals surface area (Å²) in [6.45, 7) is 0. The molecule has 0 saturated carbocycles. The lowest BCUT2D eigenvalue weighted by molar-refractivity contribution is 0.0601. The van der Waals surface area contributed by atoms with E-state index >= 15 is 0 Å². The largest absolute Gasteiger partial charge is 0.465 e. The second-order valence-electron chi connectivity index (χ2n) is 4.61. The van der Waals surface area contributed by atoms with E-state index in [2.05, 4.69) is 25.3 Å². The third-order valence-electron chi connectivity index (χ3n) is 3.46. The van der Waals surface area contributed by atoms with Gasteiger partial charge in [0.15, 0.2) is 0 Å². The molecule has 0 unspecified atom stereocenters. The molecule has 20 heavy (non-hydrogen) atoms. The van der Waals surface area contributed by atoms with Crippen LogP contribution in [0.4, 0.5) is 4.39 Å². The zero-order valence-electron chi connectivity index (χ0n) is 10.6. The Labute approximate surface area is 126 Å². The molecule has 0 N–H and O–H groups in total. The molecular weight excluding hydrogens is 295 g/mol. The molecule has 0 radical (unpaired) electrons. The van der Waals surface area contributed by atoms with Gasteiger partial charge in [0.05, 0.1) is 12.7 Å². The molecule has 0 fully saturated rings. The molecule has 0 aromatic heterocycles. The van der Waals surface area contributed by atoms with E-state index in [9.17, 15) is 9.18 Å². The first kappa shape index (κ1) is 13.5. The van der Waals surface area contributed by atoms with Crippen LogP contribution in [0.2, 0.25) is 0 Å². The van der Waals surface area contributed by atoms with Gasteiger partial charge in [0.2, 0.25) is 0 Å². The SMILES string of the molecule is COC(=O)c1ccc2c(c1)-c1cc(F)ccc1C2(S)S. The first-order chi connectivity index (χ1) is 9.45. The Hall–Kier alpha value is -1.46. The Morgan fingerprint density at radius 3 is 2.35 bits per heavy atom. The Bertz CT molecular complexity index is 726. The number of halogens is 1. The molecule has 0 saturated heterocycles. The molecule has 0 heterocycles. The van der Waals surface area contributed by atoms with E-state index in [1.165, 1.54) is 19.2 Å². The van der Waals surface area contributed by atoms with Gasteiger partial charge in [-0.3, -0.25) is 0 Å². The highest BCUT2D eigenvalue weighted by Gasteiger charge is 2.38. The summed E-state index contributed by atoms with van der Waals surface area (Å²) >= 11 is 9.15. The highest BCUT2D eigenvalue weighted by molar-refractivity contribution is 8.00. The first-order valence-corrected chi connectivity index (χ1v) is 6.82. The van der Waals surface area contributed by atoms with Crippen LogP contribution in [0.15, 0.2) is 36.4 Å². The third kappa shape index (κ3) is 1.84. The minimum absolute atomic E-state index is 0.336. The van der Waals surface area contributed by atoms with Crippen molar-refractivity contribution < 1.29 is 13.9 Å². The number of thiol groups is 2. The summed E-state index contributed by atoms with van der Waals surface area (Å²) in [4.78, 5) is 11.6. The summed E-state index contributed by atoms with van der Waals surface area (Å²) in [6.07, 6.45) is 0. The van der Waals surface area contributed by atoms with E-state index in [-0.39, 0.29) is 5.82 Å². The number of carbonyl (C=O) groups excluding carboxylic acids is 1. The number of hydrogen-bond acceptors (Lipinski definition) is 4. The summed E-state index contributed by atoms with van der Waals surface area (Å²) in [5, 5.41) is 0. The van der Waals surface area contributed by atoms with Gasteiger partial charge in [0, 0.05) is 0 Å². The summed E-state index contributed by atoms with van der Waals surface area (Å²) < 4.78 is 17.4. The number of ether oxygens (including phenoxy) is 1. The van der Waals surface area contributed by atoms with Crippen LogP contribution >= 0.6 is 25.3 Å². The van der Waals surface area contributed by atoms with E-state index in [1.54, 1.807) is 24.3 Å². The maximum atomic E-state index is 13.5. The van der Waals surface area contributed by atoms with Crippen molar-refractivity contribution in [1.82, 2.24) is 0 Å². The highest BCUT2D eigenvalue weighted by atomic mass is 32.2. The lowest BCUT2D eigenvalue weighted by atomic mass is 10.0. The molecule has 2 aromatic rings. The summed E-state index contributed by atoms with van der Waals surface area (Å²) in [7, 11) is 1.32. The molecule has 2 aromatic carbocycles. The lowest BCUT2D eigenvalue weighted by Gasteiger charge is -2.19. The fourth-order valence-electron chi connectivity index (χ4n) is 2.50. The van der Waals surface area contributed by atoms with E-state index in [0.29, 0.717) is 11.1 Å². The monoisotopic (exact) mass is 306 g/mol. The highest BCUT2D eigenvalue weighted by Crippen LogP contribution is 2.53. The molecule has 0 bridgehead atoms. The molecule has 0 aliphatic heterocycles. The molecule has 0 atom stereocenters. The van der Waals surface area contributed by atoms with Crippen LogP contribution < -0.4 is 0 Å². The number of fused-ring (bicyclic) bond motifs is 3. The Morgan fingerprint density at radius 1 is 1.10 bits per heavy atom. The maximum Gasteiger partial charge on any atom is 0.337 e. The van der Waals surface area contributed by atoms with Crippen molar-refractivity contribution in [3.05, 3.63) is 58.9 Å². The van der Waals surface area contributed by atoms with Crippen LogP contribution in [0.1, 0.15) is 21.5 Å². The molecule has 1 aliphatic rings. The van der Waals surface area contributed by atoms with Gasteiger partial charge in [-0.1, -0.05) is 12.1 Å². The van der Waals surface area contributed by atoms with E-state index in [1.807, 2.05) is 0 Å². The van der Waals surface area contributed by atoms with Crippen molar-refractivity contribution in [1.29, 1.82) is 0 Å². The van der Waals surface area contributed by atoms with Gasteiger partial charge >= 0.3 is 5.97 Å². The van der Waals surface area contributed by atoms with Crippen LogP contribution in [0.3, 0.4) is 0 Å². The van der Waals surface area contributed by atoms with Gasteiger partial charge in [-0.25, -0.2) is 9.18 Å². The van der Waals surface area contributed by atoms with Crippen molar-refractivity contribution in [2.75, 3.05) is 7.11 Å². The summed E-state index contributed by atoms with van der Waals surface area (Å²) in [6, 6.07) is 9.61. The topological polar surface area (TPSA) is 26.3 Å². The van der Waals surface area contributed by atoms with Crippen molar-refractivity contribution in [3.63, 3.8) is 0 Å². The van der Waals surface area contributed by atoms with Crippen LogP contribution in [-0.4, -0.2) is 13.1 Å². The second-order valence-corrected chi connectivity index (χ2v) is 6.31. The predicted octanol–water partition coefficient (Wildman–Crippen LogP) is 3.65. The molecule has 3 rings (SSSR count). The first-order valence-electron chi connectivity index (χ1n) is 5.93. The lowest BCUT2D eigenvalue weighted by Crippen LogP contribution is -2.08. The van der Waals surface area contributed by atoms with Crippen LogP contribution in [0, 0.1) is 5.82 Å². The average Bonchev–Trinajstić information content (AvgIpc) is 2.66. The fraction of sp³-hybridized carbons (Fsp3) is 0.133. The minimum Gasteiger partial charge on any atom is -0.465 e. The van der Waals surface area contributed by atoms with Gasteiger partial charge in [-0.15, -0.1) is 0 Å². The van der Waals surface area contributed by atoms with Crippen LogP contribution in [-0.2, 0) is 8.82 Å². The molecular formula is C15H11FO2S2. The predicted molar refractivity (Wildman–Crippen MR) is 81.9 cm³/mol. The smallest absolute Gasteiger partial charge is 0.337 e. The zero-order valence-corrected chi connectivity index (χ0v) is 12.3. The number of rotatable bonds is 1. The quantitative estimate of drug-likeness (QED) is 0.478. The zero-order chi connectivity index (χ0) is 14.5. The molecule has 0 spiro atoms. The fourth-order valence-corrected chi connectivity index (χ4v) is 3.28. The Kier molecular flexibility index (Phi) is 3.06. The molecule has 5 heteroatoms. The number of carbonyl (C=O) groups is 1. The summed E-state index contributed by atoms with van der Waals surface area (Å²) in [5.74, 6) is -0.765. The number of benzene rings is 2. The van der Waals surface area contributed by atoms with Crippen LogP contribution in [0.5, 0.6) is 0 Å². The molecule has 1 aliphatic carbocycles. The summed E-state index contributed by atoms with van der Waals surface area (Å²) in [5.41, 5.74) is 3.52. The average molecular weight is 306 g/mol. The maximum absolute atomic E-state index is 13.5. The molecule has 0 amide bonds. The van der Waals surface area contributed by atoms with Gasteiger partial charge in [0.25, 0.3) is 0 Å². The van der Waals surface area contributed by atoms with Crippen LogP contribution in [0.25, 0.3) is 11.1 Å². The van der Waals surface area contributed by atoms with Crippen molar-refractivity contribution in [3.8, 4) is 11.1 Å².